The van der Waals surface area contributed by atoms with E-state index in [4.69, 9.17) is 4.74 Å². The Labute approximate surface area is 129 Å². The summed E-state index contributed by atoms with van der Waals surface area (Å²) in [6.07, 6.45) is 0.742. The molecule has 22 heavy (non-hydrogen) atoms. The minimum atomic E-state index is -1.20. The summed E-state index contributed by atoms with van der Waals surface area (Å²) in [5, 5.41) is 5.01. The molecule has 0 saturated heterocycles. The van der Waals surface area contributed by atoms with Crippen molar-refractivity contribution in [3.05, 3.63) is 29.8 Å². The summed E-state index contributed by atoms with van der Waals surface area (Å²) >= 11 is 0. The number of amides is 2. The summed E-state index contributed by atoms with van der Waals surface area (Å²) in [7, 11) is 0. The number of alkyl carbamates (subject to hydrolysis) is 1. The van der Waals surface area contributed by atoms with Crippen LogP contribution in [0.4, 0.5) is 9.18 Å². The van der Waals surface area contributed by atoms with Gasteiger partial charge in [-0.1, -0.05) is 0 Å². The molecule has 1 heterocycles. The van der Waals surface area contributed by atoms with Crippen LogP contribution in [0.25, 0.3) is 0 Å². The molecule has 0 aliphatic heterocycles. The number of aromatic nitrogens is 1. The molecular formula is C15H22FN3O3. The first kappa shape index (κ1) is 17.9. The summed E-state index contributed by atoms with van der Waals surface area (Å²) in [6, 6.07) is 2.73. The van der Waals surface area contributed by atoms with E-state index >= 15 is 0 Å². The van der Waals surface area contributed by atoms with Gasteiger partial charge in [-0.3, -0.25) is 9.78 Å². The van der Waals surface area contributed by atoms with Gasteiger partial charge in [0.15, 0.2) is 0 Å². The van der Waals surface area contributed by atoms with Crippen LogP contribution < -0.4 is 10.6 Å². The van der Waals surface area contributed by atoms with Gasteiger partial charge in [-0.25, -0.2) is 9.18 Å². The molecule has 0 aliphatic rings. The maximum Gasteiger partial charge on any atom is 0.408 e. The van der Waals surface area contributed by atoms with Crippen molar-refractivity contribution < 1.29 is 18.7 Å². The highest BCUT2D eigenvalue weighted by atomic mass is 19.1. The van der Waals surface area contributed by atoms with Crippen molar-refractivity contribution in [1.29, 1.82) is 0 Å². The van der Waals surface area contributed by atoms with Gasteiger partial charge in [-0.05, 0) is 46.8 Å². The number of carbonyl (C=O) groups excluding carboxylic acids is 2. The predicted octanol–water partition coefficient (Wildman–Crippen LogP) is 2.14. The van der Waals surface area contributed by atoms with Gasteiger partial charge >= 0.3 is 6.09 Å². The van der Waals surface area contributed by atoms with E-state index in [1.807, 2.05) is 0 Å². The third kappa shape index (κ3) is 5.67. The maximum atomic E-state index is 13.4. The summed E-state index contributed by atoms with van der Waals surface area (Å²) in [6.45, 7) is 8.17. The molecule has 0 aromatic carbocycles. The first-order valence-corrected chi connectivity index (χ1v) is 6.90. The van der Waals surface area contributed by atoms with Crippen molar-refractivity contribution in [2.75, 3.05) is 0 Å². The van der Waals surface area contributed by atoms with Gasteiger partial charge in [0, 0.05) is 6.20 Å². The molecule has 0 saturated carbocycles. The number of hydrogen-bond acceptors (Lipinski definition) is 4. The molecule has 0 spiro atoms. The monoisotopic (exact) mass is 311 g/mol. The Morgan fingerprint density at radius 1 is 1.27 bits per heavy atom. The van der Waals surface area contributed by atoms with E-state index in [1.54, 1.807) is 20.8 Å². The van der Waals surface area contributed by atoms with Crippen LogP contribution in [0.3, 0.4) is 0 Å². The molecular weight excluding hydrogens is 289 g/mol. The van der Waals surface area contributed by atoms with Crippen LogP contribution >= 0.6 is 0 Å². The third-order valence-electron chi connectivity index (χ3n) is 2.63. The van der Waals surface area contributed by atoms with Crippen molar-refractivity contribution in [2.45, 2.75) is 52.3 Å². The van der Waals surface area contributed by atoms with Crippen molar-refractivity contribution >= 4 is 12.0 Å². The lowest BCUT2D eigenvalue weighted by Crippen LogP contribution is -2.55. The van der Waals surface area contributed by atoms with Crippen LogP contribution in [0.5, 0.6) is 0 Å². The highest BCUT2D eigenvalue weighted by molar-refractivity contribution is 5.89. The van der Waals surface area contributed by atoms with E-state index < -0.39 is 29.0 Å². The van der Waals surface area contributed by atoms with Gasteiger partial charge in [-0.15, -0.1) is 0 Å². The molecule has 0 radical (unpaired) electrons. The lowest BCUT2D eigenvalue weighted by molar-refractivity contribution is -0.126. The quantitative estimate of drug-likeness (QED) is 0.893. The molecule has 1 aromatic rings. The van der Waals surface area contributed by atoms with Gasteiger partial charge in [0.2, 0.25) is 5.91 Å². The zero-order chi connectivity index (χ0) is 17.0. The largest absolute Gasteiger partial charge is 0.444 e. The topological polar surface area (TPSA) is 80.3 Å². The predicted molar refractivity (Wildman–Crippen MR) is 79.5 cm³/mol. The minimum absolute atomic E-state index is 0.0645. The zero-order valence-corrected chi connectivity index (χ0v) is 13.5. The van der Waals surface area contributed by atoms with E-state index in [1.165, 1.54) is 32.2 Å². The summed E-state index contributed by atoms with van der Waals surface area (Å²) < 4.78 is 18.5. The fourth-order valence-corrected chi connectivity index (χ4v) is 1.55. The van der Waals surface area contributed by atoms with Crippen LogP contribution in [-0.2, 0) is 16.1 Å². The Kier molecular flexibility index (Phi) is 5.46. The first-order chi connectivity index (χ1) is 10.0. The Morgan fingerprint density at radius 3 is 2.45 bits per heavy atom. The van der Waals surface area contributed by atoms with Gasteiger partial charge in [0.25, 0.3) is 0 Å². The fraction of sp³-hybridized carbons (Fsp3) is 0.533. The zero-order valence-electron chi connectivity index (χ0n) is 13.5. The second kappa shape index (κ2) is 6.72. The first-order valence-electron chi connectivity index (χ1n) is 6.90. The van der Waals surface area contributed by atoms with Crippen molar-refractivity contribution in [1.82, 2.24) is 15.6 Å². The van der Waals surface area contributed by atoms with Gasteiger partial charge in [-0.2, -0.15) is 0 Å². The Bertz CT molecular complexity index is 553. The van der Waals surface area contributed by atoms with E-state index in [2.05, 4.69) is 15.6 Å². The fourth-order valence-electron chi connectivity index (χ4n) is 1.55. The molecule has 6 nitrogen and oxygen atoms in total. The highest BCUT2D eigenvalue weighted by Gasteiger charge is 2.31. The number of ether oxygens (including phenoxy) is 1. The van der Waals surface area contributed by atoms with E-state index in [-0.39, 0.29) is 12.2 Å². The van der Waals surface area contributed by atoms with Gasteiger partial charge in [0.05, 0.1) is 12.2 Å². The lowest BCUT2D eigenvalue weighted by atomic mass is 10.1. The summed E-state index contributed by atoms with van der Waals surface area (Å²) in [5.41, 5.74) is -1.73. The SMILES string of the molecule is CC(C)(C)OC(=O)NC(C)(C)C(=O)NCc1ncccc1F. The molecule has 0 aliphatic carbocycles. The molecule has 7 heteroatoms. The molecule has 2 N–H and O–H groups in total. The maximum absolute atomic E-state index is 13.4. The molecule has 1 rings (SSSR count). The number of nitrogens with zero attached hydrogens (tertiary/aromatic N) is 1. The smallest absolute Gasteiger partial charge is 0.408 e. The molecule has 0 fully saturated rings. The van der Waals surface area contributed by atoms with Crippen LogP contribution in [0.2, 0.25) is 0 Å². The van der Waals surface area contributed by atoms with Crippen LogP contribution in [0.15, 0.2) is 18.3 Å². The molecule has 0 unspecified atom stereocenters. The Morgan fingerprint density at radius 2 is 1.91 bits per heavy atom. The van der Waals surface area contributed by atoms with Gasteiger partial charge in [0.1, 0.15) is 17.0 Å². The second-order valence-electron chi connectivity index (χ2n) is 6.37. The van der Waals surface area contributed by atoms with E-state index in [9.17, 15) is 14.0 Å². The molecule has 2 amide bonds. The van der Waals surface area contributed by atoms with E-state index in [0.717, 1.165) is 0 Å². The van der Waals surface area contributed by atoms with E-state index in [0.29, 0.717) is 0 Å². The second-order valence-corrected chi connectivity index (χ2v) is 6.37. The molecule has 0 bridgehead atoms. The molecule has 0 atom stereocenters. The Hall–Kier alpha value is -2.18. The minimum Gasteiger partial charge on any atom is -0.444 e. The van der Waals surface area contributed by atoms with Crippen molar-refractivity contribution in [3.8, 4) is 0 Å². The highest BCUT2D eigenvalue weighted by Crippen LogP contribution is 2.10. The molecule has 122 valence electrons. The van der Waals surface area contributed by atoms with Crippen molar-refractivity contribution in [3.63, 3.8) is 0 Å². The number of halogens is 1. The van der Waals surface area contributed by atoms with Crippen LogP contribution in [-0.4, -0.2) is 28.1 Å². The molecule has 1 aromatic heterocycles. The number of rotatable bonds is 4. The third-order valence-corrected chi connectivity index (χ3v) is 2.63. The average Bonchev–Trinajstić information content (AvgIpc) is 2.34. The number of hydrogen-bond donors (Lipinski definition) is 2. The number of nitrogens with one attached hydrogen (secondary N) is 2. The van der Waals surface area contributed by atoms with Crippen molar-refractivity contribution in [2.24, 2.45) is 0 Å². The number of carbonyl (C=O) groups is 2. The Balaban J connectivity index is 2.59. The van der Waals surface area contributed by atoms with Gasteiger partial charge < -0.3 is 15.4 Å². The van der Waals surface area contributed by atoms with Crippen LogP contribution in [0, 0.1) is 5.82 Å². The number of pyridine rings is 1. The lowest BCUT2D eigenvalue weighted by Gasteiger charge is -2.27. The summed E-state index contributed by atoms with van der Waals surface area (Å²) in [5.74, 6) is -0.968. The summed E-state index contributed by atoms with van der Waals surface area (Å²) in [4.78, 5) is 27.7. The standard InChI is InChI=1S/C15H22FN3O3/c1-14(2,3)22-13(21)19-15(4,5)12(20)18-9-11-10(16)7-6-8-17-11/h6-8H,9H2,1-5H3,(H,18,20)(H,19,21). The normalized spacial score (nSPS) is 11.7. The van der Waals surface area contributed by atoms with Crippen LogP contribution in [0.1, 0.15) is 40.3 Å². The average molecular weight is 311 g/mol.